The van der Waals surface area contributed by atoms with Crippen LogP contribution in [-0.4, -0.2) is 51.5 Å². The highest BCUT2D eigenvalue weighted by molar-refractivity contribution is 5.51. The first-order valence-electron chi connectivity index (χ1n) is 7.81. The van der Waals surface area contributed by atoms with Gasteiger partial charge in [0.2, 0.25) is 11.8 Å². The Balaban J connectivity index is 2.26. The van der Waals surface area contributed by atoms with Crippen molar-refractivity contribution in [3.8, 4) is 17.4 Å². The molecule has 0 unspecified atom stereocenters. The molecule has 0 aliphatic heterocycles. The van der Waals surface area contributed by atoms with Gasteiger partial charge in [-0.3, -0.25) is 0 Å². The highest BCUT2D eigenvalue weighted by Crippen LogP contribution is 2.34. The molecule has 0 aromatic carbocycles. The summed E-state index contributed by atoms with van der Waals surface area (Å²) >= 11 is 0. The lowest BCUT2D eigenvalue weighted by atomic mass is 10.0. The third kappa shape index (κ3) is 4.68. The molecule has 5 N–H and O–H groups in total. The number of methoxy groups -OCH3 is 1. The Morgan fingerprint density at radius 2 is 1.88 bits per heavy atom. The molecule has 0 spiro atoms. The zero-order valence-corrected chi connectivity index (χ0v) is 14.4. The lowest BCUT2D eigenvalue weighted by Gasteiger charge is -2.16. The molecule has 2 aromatic rings. The molecule has 9 nitrogen and oxygen atoms in total. The second-order valence-corrected chi connectivity index (χ2v) is 5.67. The fraction of sp³-hybridized carbons (Fsp3) is 0.438. The molecule has 0 radical (unpaired) electrons. The number of nitrogens with one attached hydrogen (secondary N) is 1. The highest BCUT2D eigenvalue weighted by Gasteiger charge is 2.15. The predicted molar refractivity (Wildman–Crippen MR) is 93.0 cm³/mol. The molecule has 25 heavy (non-hydrogen) atoms. The van der Waals surface area contributed by atoms with Crippen LogP contribution >= 0.6 is 0 Å². The van der Waals surface area contributed by atoms with E-state index in [9.17, 15) is 0 Å². The molecule has 2 heterocycles. The van der Waals surface area contributed by atoms with Crippen molar-refractivity contribution in [2.24, 2.45) is 0 Å². The van der Waals surface area contributed by atoms with E-state index in [1.165, 1.54) is 13.3 Å². The van der Waals surface area contributed by atoms with Gasteiger partial charge in [0.1, 0.15) is 5.75 Å². The molecular formula is C16H23N5O4. The SMILES string of the molecule is COc1cc(Oc2cnc(NC(CO)CO)nc2N)c(C(C)C)cn1. The molecule has 0 bridgehead atoms. The standard InChI is InChI=1S/C16H23N5O4/c1-9(2)11-5-18-14(24-3)4-12(11)25-13-6-19-16(21-15(13)17)20-10(7-22)8-23/h4-6,9-10,22-23H,7-8H2,1-3H3,(H3,17,19,20,21). The van der Waals surface area contributed by atoms with E-state index in [-0.39, 0.29) is 36.6 Å². The fourth-order valence-electron chi connectivity index (χ4n) is 2.05. The Bertz CT molecular complexity index is 707. The van der Waals surface area contributed by atoms with Gasteiger partial charge in [0.05, 0.1) is 32.6 Å². The summed E-state index contributed by atoms with van der Waals surface area (Å²) in [6, 6.07) is 1.11. The van der Waals surface area contributed by atoms with Crippen LogP contribution in [0.2, 0.25) is 0 Å². The van der Waals surface area contributed by atoms with Crippen LogP contribution in [-0.2, 0) is 0 Å². The normalized spacial score (nSPS) is 11.0. The van der Waals surface area contributed by atoms with Crippen molar-refractivity contribution in [2.45, 2.75) is 25.8 Å². The van der Waals surface area contributed by atoms with Gasteiger partial charge in [-0.2, -0.15) is 4.98 Å². The highest BCUT2D eigenvalue weighted by atomic mass is 16.5. The number of aliphatic hydroxyl groups is 2. The maximum absolute atomic E-state index is 9.09. The minimum absolute atomic E-state index is 0.123. The second-order valence-electron chi connectivity index (χ2n) is 5.67. The zero-order chi connectivity index (χ0) is 18.4. The number of nitrogens with zero attached hydrogens (tertiary/aromatic N) is 3. The molecule has 2 aromatic heterocycles. The summed E-state index contributed by atoms with van der Waals surface area (Å²) in [5, 5.41) is 20.9. The van der Waals surface area contributed by atoms with Crippen LogP contribution in [0.15, 0.2) is 18.5 Å². The summed E-state index contributed by atoms with van der Waals surface area (Å²) in [6.45, 7) is 3.53. The summed E-state index contributed by atoms with van der Waals surface area (Å²) in [5.41, 5.74) is 6.83. The van der Waals surface area contributed by atoms with Crippen LogP contribution in [0.25, 0.3) is 0 Å². The van der Waals surface area contributed by atoms with E-state index in [2.05, 4.69) is 20.3 Å². The van der Waals surface area contributed by atoms with E-state index >= 15 is 0 Å². The number of hydrogen-bond donors (Lipinski definition) is 4. The molecule has 136 valence electrons. The third-order valence-electron chi connectivity index (χ3n) is 3.48. The molecule has 2 rings (SSSR count). The van der Waals surface area contributed by atoms with E-state index in [4.69, 9.17) is 25.4 Å². The van der Waals surface area contributed by atoms with Crippen LogP contribution in [0.5, 0.6) is 17.4 Å². The summed E-state index contributed by atoms with van der Waals surface area (Å²) in [4.78, 5) is 12.4. The lowest BCUT2D eigenvalue weighted by Crippen LogP contribution is -2.28. The lowest BCUT2D eigenvalue weighted by molar-refractivity contribution is 0.203. The van der Waals surface area contributed by atoms with Crippen LogP contribution in [0, 0.1) is 0 Å². The molecule has 9 heteroatoms. The quantitative estimate of drug-likeness (QED) is 0.553. The van der Waals surface area contributed by atoms with E-state index in [1.54, 1.807) is 12.3 Å². The number of nitrogen functional groups attached to an aromatic ring is 1. The Hall–Kier alpha value is -2.65. The summed E-state index contributed by atoms with van der Waals surface area (Å²) < 4.78 is 11.0. The van der Waals surface area contributed by atoms with Crippen LogP contribution < -0.4 is 20.5 Å². The first kappa shape index (κ1) is 18.7. The number of aliphatic hydroxyl groups excluding tert-OH is 2. The first-order valence-corrected chi connectivity index (χ1v) is 7.81. The van der Waals surface area contributed by atoms with Crippen molar-refractivity contribution in [3.63, 3.8) is 0 Å². The van der Waals surface area contributed by atoms with Gasteiger partial charge in [-0.05, 0) is 5.92 Å². The van der Waals surface area contributed by atoms with Crippen molar-refractivity contribution in [2.75, 3.05) is 31.4 Å². The fourth-order valence-corrected chi connectivity index (χ4v) is 2.05. The van der Waals surface area contributed by atoms with Crippen molar-refractivity contribution in [1.29, 1.82) is 0 Å². The Morgan fingerprint density at radius 1 is 1.16 bits per heavy atom. The average Bonchev–Trinajstić information content (AvgIpc) is 2.61. The molecule has 0 saturated carbocycles. The largest absolute Gasteiger partial charge is 0.481 e. The summed E-state index contributed by atoms with van der Waals surface area (Å²) in [5.74, 6) is 1.76. The van der Waals surface area contributed by atoms with Gasteiger partial charge in [0.25, 0.3) is 0 Å². The number of anilines is 2. The van der Waals surface area contributed by atoms with Gasteiger partial charge in [-0.25, -0.2) is 9.97 Å². The van der Waals surface area contributed by atoms with Crippen LogP contribution in [0.1, 0.15) is 25.3 Å². The monoisotopic (exact) mass is 349 g/mol. The molecular weight excluding hydrogens is 326 g/mol. The maximum Gasteiger partial charge on any atom is 0.225 e. The number of ether oxygens (including phenoxy) is 2. The van der Waals surface area contributed by atoms with Gasteiger partial charge >= 0.3 is 0 Å². The smallest absolute Gasteiger partial charge is 0.225 e. The first-order chi connectivity index (χ1) is 12.0. The average molecular weight is 349 g/mol. The second kappa shape index (κ2) is 8.45. The minimum Gasteiger partial charge on any atom is -0.481 e. The third-order valence-corrected chi connectivity index (χ3v) is 3.48. The van der Waals surface area contributed by atoms with Gasteiger partial charge in [0.15, 0.2) is 11.6 Å². The molecule has 0 fully saturated rings. The maximum atomic E-state index is 9.09. The van der Waals surface area contributed by atoms with Crippen molar-refractivity contribution in [3.05, 3.63) is 24.0 Å². The molecule has 0 saturated heterocycles. The van der Waals surface area contributed by atoms with Crippen LogP contribution in [0.4, 0.5) is 11.8 Å². The Labute approximate surface area is 145 Å². The number of nitrogens with two attached hydrogens (primary N) is 1. The zero-order valence-electron chi connectivity index (χ0n) is 14.4. The van der Waals surface area contributed by atoms with Crippen LogP contribution in [0.3, 0.4) is 0 Å². The van der Waals surface area contributed by atoms with Gasteiger partial charge in [0, 0.05) is 17.8 Å². The van der Waals surface area contributed by atoms with Gasteiger partial charge < -0.3 is 30.7 Å². The van der Waals surface area contributed by atoms with E-state index in [0.717, 1.165) is 5.56 Å². The van der Waals surface area contributed by atoms with E-state index in [0.29, 0.717) is 11.6 Å². The van der Waals surface area contributed by atoms with Gasteiger partial charge in [-0.1, -0.05) is 13.8 Å². The Morgan fingerprint density at radius 3 is 2.44 bits per heavy atom. The number of hydrogen-bond acceptors (Lipinski definition) is 9. The Kier molecular flexibility index (Phi) is 6.31. The molecule has 0 atom stereocenters. The predicted octanol–water partition coefficient (Wildman–Crippen LogP) is 1.14. The molecule has 0 aliphatic carbocycles. The molecule has 0 amide bonds. The molecule has 0 aliphatic rings. The van der Waals surface area contributed by atoms with E-state index in [1.807, 2.05) is 13.8 Å². The number of pyridine rings is 1. The summed E-state index contributed by atoms with van der Waals surface area (Å²) in [6.07, 6.45) is 3.12. The summed E-state index contributed by atoms with van der Waals surface area (Å²) in [7, 11) is 1.53. The number of rotatable bonds is 8. The topological polar surface area (TPSA) is 136 Å². The minimum atomic E-state index is -0.567. The van der Waals surface area contributed by atoms with Gasteiger partial charge in [-0.15, -0.1) is 0 Å². The number of aromatic nitrogens is 3. The van der Waals surface area contributed by atoms with E-state index < -0.39 is 6.04 Å². The van der Waals surface area contributed by atoms with Crippen molar-refractivity contribution in [1.82, 2.24) is 15.0 Å². The van der Waals surface area contributed by atoms with Crippen molar-refractivity contribution < 1.29 is 19.7 Å². The van der Waals surface area contributed by atoms with Crippen molar-refractivity contribution >= 4 is 11.8 Å².